The highest BCUT2D eigenvalue weighted by molar-refractivity contribution is 5.78. The second-order valence-electron chi connectivity index (χ2n) is 5.75. The minimum absolute atomic E-state index is 0.441. The van der Waals surface area contributed by atoms with Gasteiger partial charge in [-0.05, 0) is 31.6 Å². The van der Waals surface area contributed by atoms with Gasteiger partial charge in [0, 0.05) is 13.1 Å². The van der Waals surface area contributed by atoms with E-state index >= 15 is 0 Å². The van der Waals surface area contributed by atoms with Crippen LogP contribution < -0.4 is 5.73 Å². The van der Waals surface area contributed by atoms with Crippen molar-refractivity contribution >= 4 is 5.96 Å². The standard InChI is InChI=1S/C14H27N3O/c1-11-5-3-4-6-13(11)18-10-9-16-14(15)17(2)12-7-8-12/h11-13H,3-10H2,1-2H3,(H2,15,16)/t11-,13-/m0/s1. The van der Waals surface area contributed by atoms with Crippen LogP contribution in [0.1, 0.15) is 45.4 Å². The molecule has 2 atom stereocenters. The lowest BCUT2D eigenvalue weighted by Crippen LogP contribution is -2.36. The quantitative estimate of drug-likeness (QED) is 0.463. The molecule has 0 amide bonds. The van der Waals surface area contributed by atoms with Crippen LogP contribution in [-0.4, -0.2) is 43.2 Å². The molecule has 4 nitrogen and oxygen atoms in total. The second-order valence-corrected chi connectivity index (χ2v) is 5.75. The Balaban J connectivity index is 1.63. The zero-order valence-electron chi connectivity index (χ0n) is 11.8. The second kappa shape index (κ2) is 6.41. The third-order valence-corrected chi connectivity index (χ3v) is 4.19. The van der Waals surface area contributed by atoms with Gasteiger partial charge in [-0.25, -0.2) is 0 Å². The first-order valence-electron chi connectivity index (χ1n) is 7.33. The van der Waals surface area contributed by atoms with E-state index in [1.165, 1.54) is 38.5 Å². The van der Waals surface area contributed by atoms with Crippen LogP contribution in [0.4, 0.5) is 0 Å². The van der Waals surface area contributed by atoms with Gasteiger partial charge in [0.15, 0.2) is 5.96 Å². The van der Waals surface area contributed by atoms with Crippen molar-refractivity contribution in [3.05, 3.63) is 0 Å². The lowest BCUT2D eigenvalue weighted by atomic mass is 9.88. The number of rotatable bonds is 5. The molecule has 0 heterocycles. The molecule has 0 radical (unpaired) electrons. The minimum Gasteiger partial charge on any atom is -0.376 e. The molecule has 2 saturated carbocycles. The van der Waals surface area contributed by atoms with Crippen molar-refractivity contribution in [2.24, 2.45) is 16.6 Å². The fourth-order valence-electron chi connectivity index (χ4n) is 2.65. The van der Waals surface area contributed by atoms with Crippen molar-refractivity contribution in [2.45, 2.75) is 57.6 Å². The van der Waals surface area contributed by atoms with Crippen LogP contribution in [0.25, 0.3) is 0 Å². The van der Waals surface area contributed by atoms with E-state index in [4.69, 9.17) is 10.5 Å². The summed E-state index contributed by atoms with van der Waals surface area (Å²) in [6.07, 6.45) is 8.13. The summed E-state index contributed by atoms with van der Waals surface area (Å²) in [5, 5.41) is 0. The molecule has 4 heteroatoms. The Morgan fingerprint density at radius 3 is 2.67 bits per heavy atom. The first kappa shape index (κ1) is 13.7. The summed E-state index contributed by atoms with van der Waals surface area (Å²) < 4.78 is 5.92. The van der Waals surface area contributed by atoms with E-state index in [0.29, 0.717) is 37.2 Å². The fraction of sp³-hybridized carbons (Fsp3) is 0.929. The number of hydrogen-bond donors (Lipinski definition) is 1. The first-order valence-corrected chi connectivity index (χ1v) is 7.33. The smallest absolute Gasteiger partial charge is 0.191 e. The Bertz CT molecular complexity index is 289. The predicted molar refractivity (Wildman–Crippen MR) is 74.6 cm³/mol. The molecule has 2 aliphatic carbocycles. The topological polar surface area (TPSA) is 50.9 Å². The molecule has 2 rings (SSSR count). The number of nitrogens with zero attached hydrogens (tertiary/aromatic N) is 2. The van der Waals surface area contributed by atoms with Crippen LogP contribution in [0.3, 0.4) is 0 Å². The number of ether oxygens (including phenoxy) is 1. The zero-order chi connectivity index (χ0) is 13.0. The van der Waals surface area contributed by atoms with Gasteiger partial charge in [0.05, 0.1) is 19.3 Å². The summed E-state index contributed by atoms with van der Waals surface area (Å²) in [7, 11) is 2.03. The van der Waals surface area contributed by atoms with E-state index in [0.717, 1.165) is 0 Å². The van der Waals surface area contributed by atoms with Gasteiger partial charge in [-0.2, -0.15) is 0 Å². The molecule has 18 heavy (non-hydrogen) atoms. The Labute approximate surface area is 111 Å². The highest BCUT2D eigenvalue weighted by atomic mass is 16.5. The number of nitrogens with two attached hydrogens (primary N) is 1. The van der Waals surface area contributed by atoms with Crippen molar-refractivity contribution in [2.75, 3.05) is 20.2 Å². The van der Waals surface area contributed by atoms with Crippen LogP contribution in [0.15, 0.2) is 4.99 Å². The summed E-state index contributed by atoms with van der Waals surface area (Å²) in [5.41, 5.74) is 5.93. The van der Waals surface area contributed by atoms with E-state index < -0.39 is 0 Å². The molecule has 0 unspecified atom stereocenters. The van der Waals surface area contributed by atoms with Crippen molar-refractivity contribution in [3.63, 3.8) is 0 Å². The van der Waals surface area contributed by atoms with Crippen molar-refractivity contribution in [1.29, 1.82) is 0 Å². The average molecular weight is 253 g/mol. The van der Waals surface area contributed by atoms with Gasteiger partial charge in [0.2, 0.25) is 0 Å². The molecule has 0 spiro atoms. The maximum Gasteiger partial charge on any atom is 0.191 e. The monoisotopic (exact) mass is 253 g/mol. The third-order valence-electron chi connectivity index (χ3n) is 4.19. The highest BCUT2D eigenvalue weighted by Gasteiger charge is 2.27. The molecule has 0 aliphatic heterocycles. The van der Waals surface area contributed by atoms with Gasteiger partial charge in [0.25, 0.3) is 0 Å². The Morgan fingerprint density at radius 1 is 1.28 bits per heavy atom. The normalized spacial score (nSPS) is 29.3. The highest BCUT2D eigenvalue weighted by Crippen LogP contribution is 2.26. The molecular weight excluding hydrogens is 226 g/mol. The molecule has 2 fully saturated rings. The molecule has 0 aromatic carbocycles. The summed E-state index contributed by atoms with van der Waals surface area (Å²) in [6.45, 7) is 3.68. The van der Waals surface area contributed by atoms with Crippen LogP contribution in [0, 0.1) is 5.92 Å². The summed E-state index contributed by atoms with van der Waals surface area (Å²) in [5.74, 6) is 1.37. The summed E-state index contributed by atoms with van der Waals surface area (Å²) in [4.78, 5) is 6.48. The first-order chi connectivity index (χ1) is 8.68. The minimum atomic E-state index is 0.441. The van der Waals surface area contributed by atoms with Gasteiger partial charge in [-0.1, -0.05) is 19.8 Å². The van der Waals surface area contributed by atoms with Crippen molar-refractivity contribution in [3.8, 4) is 0 Å². The number of aliphatic imine (C=N–C) groups is 1. The summed E-state index contributed by atoms with van der Waals surface area (Å²) >= 11 is 0. The number of guanidine groups is 1. The molecular formula is C14H27N3O. The van der Waals surface area contributed by atoms with Crippen LogP contribution in [0.5, 0.6) is 0 Å². The SMILES string of the molecule is C[C@H]1CCCC[C@@H]1OCCN=C(N)N(C)C1CC1. The van der Waals surface area contributed by atoms with Crippen LogP contribution in [0.2, 0.25) is 0 Å². The summed E-state index contributed by atoms with van der Waals surface area (Å²) in [6, 6.07) is 0.632. The van der Waals surface area contributed by atoms with E-state index in [-0.39, 0.29) is 0 Å². The van der Waals surface area contributed by atoms with Crippen LogP contribution >= 0.6 is 0 Å². The lowest BCUT2D eigenvalue weighted by molar-refractivity contribution is -0.000697. The molecule has 0 saturated heterocycles. The Kier molecular flexibility index (Phi) is 4.87. The molecule has 2 N–H and O–H groups in total. The molecule has 0 aromatic heterocycles. The molecule has 104 valence electrons. The largest absolute Gasteiger partial charge is 0.376 e. The third kappa shape index (κ3) is 3.87. The Morgan fingerprint density at radius 2 is 2.00 bits per heavy atom. The van der Waals surface area contributed by atoms with Gasteiger partial charge >= 0.3 is 0 Å². The van der Waals surface area contributed by atoms with Gasteiger partial charge < -0.3 is 15.4 Å². The zero-order valence-corrected chi connectivity index (χ0v) is 11.8. The van der Waals surface area contributed by atoms with Crippen molar-refractivity contribution < 1.29 is 4.74 Å². The lowest BCUT2D eigenvalue weighted by Gasteiger charge is -2.28. The van der Waals surface area contributed by atoms with Gasteiger partial charge in [-0.3, -0.25) is 4.99 Å². The van der Waals surface area contributed by atoms with E-state index in [1.54, 1.807) is 0 Å². The molecule has 0 aromatic rings. The van der Waals surface area contributed by atoms with Crippen LogP contribution in [-0.2, 0) is 4.74 Å². The van der Waals surface area contributed by atoms with E-state index in [9.17, 15) is 0 Å². The fourth-order valence-corrected chi connectivity index (χ4v) is 2.65. The Hall–Kier alpha value is -0.770. The average Bonchev–Trinajstić information content (AvgIpc) is 3.19. The van der Waals surface area contributed by atoms with Gasteiger partial charge in [-0.15, -0.1) is 0 Å². The van der Waals surface area contributed by atoms with Gasteiger partial charge in [0.1, 0.15) is 0 Å². The maximum atomic E-state index is 5.93. The van der Waals surface area contributed by atoms with Crippen molar-refractivity contribution in [1.82, 2.24) is 4.90 Å². The number of hydrogen-bond acceptors (Lipinski definition) is 2. The maximum absolute atomic E-state index is 5.93. The molecule has 0 bridgehead atoms. The van der Waals surface area contributed by atoms with E-state index in [1.807, 2.05) is 7.05 Å². The van der Waals surface area contributed by atoms with E-state index in [2.05, 4.69) is 16.8 Å². The molecule has 2 aliphatic rings. The predicted octanol–water partition coefficient (Wildman–Crippen LogP) is 1.99.